The molecule has 37 heavy (non-hydrogen) atoms. The molecule has 0 amide bonds. The number of rotatable bonds is 7. The van der Waals surface area contributed by atoms with Crippen molar-refractivity contribution >= 4 is 22.8 Å². The fraction of sp³-hybridized carbons (Fsp3) is 0.355. The van der Waals surface area contributed by atoms with Gasteiger partial charge in [-0.25, -0.2) is 4.79 Å². The summed E-state index contributed by atoms with van der Waals surface area (Å²) in [5.74, 6) is 0.675. The number of benzene rings is 3. The van der Waals surface area contributed by atoms with E-state index < -0.39 is 5.97 Å². The number of ether oxygens (including phenoxy) is 3. The Morgan fingerprint density at radius 1 is 0.865 bits per heavy atom. The maximum absolute atomic E-state index is 12.8. The smallest absolute Gasteiger partial charge is 0.344 e. The molecule has 190 valence electrons. The van der Waals surface area contributed by atoms with Gasteiger partial charge in [0.1, 0.15) is 18.0 Å². The Kier molecular flexibility index (Phi) is 6.45. The first-order valence-corrected chi connectivity index (χ1v) is 14.2. The van der Waals surface area contributed by atoms with Crippen LogP contribution < -0.4 is 4.74 Å². The summed E-state index contributed by atoms with van der Waals surface area (Å²) in [5, 5.41) is 0. The van der Waals surface area contributed by atoms with Crippen molar-refractivity contribution in [3.05, 3.63) is 83.9 Å². The number of hydrogen-bond acceptors (Lipinski definition) is 5. The van der Waals surface area contributed by atoms with Crippen molar-refractivity contribution in [1.82, 2.24) is 0 Å². The second-order valence-electron chi connectivity index (χ2n) is 10.4. The Hall–Kier alpha value is -3.25. The van der Waals surface area contributed by atoms with Crippen molar-refractivity contribution in [3.63, 3.8) is 0 Å². The second-order valence-corrected chi connectivity index (χ2v) is 12.4. The Balaban J connectivity index is 1.18. The molecule has 3 aromatic rings. The third kappa shape index (κ3) is 4.63. The lowest BCUT2D eigenvalue weighted by Crippen LogP contribution is -2.39. The Morgan fingerprint density at radius 3 is 2.08 bits per heavy atom. The molecule has 3 aromatic carbocycles. The second kappa shape index (κ2) is 9.90. The zero-order valence-corrected chi connectivity index (χ0v) is 21.9. The minimum Gasteiger partial charge on any atom is -0.481 e. The van der Waals surface area contributed by atoms with E-state index in [0.717, 1.165) is 30.4 Å². The van der Waals surface area contributed by atoms with Crippen LogP contribution in [0.3, 0.4) is 0 Å². The summed E-state index contributed by atoms with van der Waals surface area (Å²) in [6.45, 7) is 3.88. The molecular formula is C31H31O5S+. The molecule has 2 saturated carbocycles. The molecule has 5 atom stereocenters. The molecule has 6 rings (SSSR count). The van der Waals surface area contributed by atoms with Crippen LogP contribution >= 0.6 is 0 Å². The van der Waals surface area contributed by atoms with Gasteiger partial charge in [0.25, 0.3) is 0 Å². The maximum Gasteiger partial charge on any atom is 0.344 e. The predicted octanol–water partition coefficient (Wildman–Crippen LogP) is 5.66. The minimum atomic E-state index is -0.409. The summed E-state index contributed by atoms with van der Waals surface area (Å²) < 4.78 is 17.5. The predicted molar refractivity (Wildman–Crippen MR) is 141 cm³/mol. The highest BCUT2D eigenvalue weighted by Gasteiger charge is 2.57. The fourth-order valence-corrected chi connectivity index (χ4v) is 8.59. The third-order valence-corrected chi connectivity index (χ3v) is 10.0. The summed E-state index contributed by atoms with van der Waals surface area (Å²) in [6.07, 6.45) is 1.95. The molecular weight excluding hydrogens is 484 g/mol. The van der Waals surface area contributed by atoms with Crippen molar-refractivity contribution < 1.29 is 23.8 Å². The highest BCUT2D eigenvalue weighted by atomic mass is 32.2. The number of aryl methyl sites for hydroxylation is 2. The highest BCUT2D eigenvalue weighted by molar-refractivity contribution is 7.97. The summed E-state index contributed by atoms with van der Waals surface area (Å²) in [7, 11) is -0.255. The van der Waals surface area contributed by atoms with Gasteiger partial charge in [-0.3, -0.25) is 4.79 Å². The van der Waals surface area contributed by atoms with Gasteiger partial charge in [-0.15, -0.1) is 0 Å². The molecule has 1 aliphatic heterocycles. The van der Waals surface area contributed by atoms with E-state index in [2.05, 4.69) is 60.7 Å². The number of hydrogen-bond donors (Lipinski definition) is 0. The van der Waals surface area contributed by atoms with Crippen molar-refractivity contribution in [1.29, 1.82) is 0 Å². The molecule has 0 spiro atoms. The van der Waals surface area contributed by atoms with E-state index >= 15 is 0 Å². The molecule has 0 aromatic heterocycles. The Labute approximate surface area is 220 Å². The average molecular weight is 516 g/mol. The van der Waals surface area contributed by atoms with Crippen molar-refractivity contribution in [2.24, 2.45) is 17.8 Å². The number of carbonyl (C=O) groups is 2. The van der Waals surface area contributed by atoms with Crippen LogP contribution in [0.2, 0.25) is 0 Å². The number of fused-ring (bicyclic) bond motifs is 2. The quantitative estimate of drug-likeness (QED) is 0.300. The van der Waals surface area contributed by atoms with Gasteiger partial charge in [-0.05, 0) is 68.5 Å². The summed E-state index contributed by atoms with van der Waals surface area (Å²) in [4.78, 5) is 28.6. The lowest BCUT2D eigenvalue weighted by molar-refractivity contribution is -0.175. The monoisotopic (exact) mass is 515 g/mol. The van der Waals surface area contributed by atoms with Gasteiger partial charge >= 0.3 is 11.9 Å². The Morgan fingerprint density at radius 2 is 1.46 bits per heavy atom. The van der Waals surface area contributed by atoms with Crippen molar-refractivity contribution in [3.8, 4) is 5.75 Å². The molecule has 1 saturated heterocycles. The normalized spacial score (nSPS) is 25.7. The van der Waals surface area contributed by atoms with E-state index in [1.165, 1.54) is 14.7 Å². The van der Waals surface area contributed by atoms with Crippen LogP contribution in [0.1, 0.15) is 30.4 Å². The zero-order valence-electron chi connectivity index (χ0n) is 21.1. The van der Waals surface area contributed by atoms with Crippen molar-refractivity contribution in [2.75, 3.05) is 6.61 Å². The maximum atomic E-state index is 12.8. The molecule has 5 unspecified atom stereocenters. The number of carbonyl (C=O) groups excluding carboxylic acids is 2. The molecule has 3 fully saturated rings. The number of esters is 2. The van der Waals surface area contributed by atoms with Gasteiger partial charge < -0.3 is 14.2 Å². The van der Waals surface area contributed by atoms with E-state index in [9.17, 15) is 9.59 Å². The van der Waals surface area contributed by atoms with Crippen LogP contribution in [0.25, 0.3) is 0 Å². The summed E-state index contributed by atoms with van der Waals surface area (Å²) in [5.41, 5.74) is 1.97. The highest BCUT2D eigenvalue weighted by Crippen LogP contribution is 2.51. The van der Waals surface area contributed by atoms with Gasteiger partial charge in [0.2, 0.25) is 0 Å². The minimum absolute atomic E-state index is 0.0277. The van der Waals surface area contributed by atoms with Gasteiger partial charge in [0.05, 0.1) is 16.8 Å². The molecule has 2 aliphatic carbocycles. The third-order valence-electron chi connectivity index (χ3n) is 7.85. The van der Waals surface area contributed by atoms with E-state index in [0.29, 0.717) is 11.7 Å². The van der Waals surface area contributed by atoms with Gasteiger partial charge in [0, 0.05) is 24.0 Å². The lowest BCUT2D eigenvalue weighted by atomic mass is 9.79. The fourth-order valence-electron chi connectivity index (χ4n) is 6.33. The van der Waals surface area contributed by atoms with Crippen LogP contribution in [0.4, 0.5) is 0 Å². The summed E-state index contributed by atoms with van der Waals surface area (Å²) in [6, 6.07) is 25.4. The molecule has 0 radical (unpaired) electrons. The van der Waals surface area contributed by atoms with Gasteiger partial charge in [-0.1, -0.05) is 36.4 Å². The first-order valence-electron chi connectivity index (χ1n) is 13.0. The van der Waals surface area contributed by atoms with Crippen LogP contribution in [0.15, 0.2) is 87.5 Å². The van der Waals surface area contributed by atoms with Crippen LogP contribution in [0, 0.1) is 31.6 Å². The van der Waals surface area contributed by atoms with E-state index in [1.54, 1.807) is 0 Å². The van der Waals surface area contributed by atoms with E-state index in [1.807, 2.05) is 26.0 Å². The lowest BCUT2D eigenvalue weighted by Gasteiger charge is -2.32. The first kappa shape index (κ1) is 24.1. The molecule has 1 heterocycles. The van der Waals surface area contributed by atoms with E-state index in [4.69, 9.17) is 14.2 Å². The largest absolute Gasteiger partial charge is 0.481 e. The molecule has 3 bridgehead atoms. The molecule has 0 N–H and O–H groups in total. The van der Waals surface area contributed by atoms with Crippen LogP contribution in [-0.2, 0) is 30.0 Å². The van der Waals surface area contributed by atoms with Gasteiger partial charge in [0.15, 0.2) is 21.3 Å². The van der Waals surface area contributed by atoms with Crippen LogP contribution in [-0.4, -0.2) is 30.8 Å². The van der Waals surface area contributed by atoms with E-state index in [-0.39, 0.29) is 47.5 Å². The van der Waals surface area contributed by atoms with Crippen molar-refractivity contribution in [2.45, 2.75) is 60.0 Å². The zero-order chi connectivity index (χ0) is 25.5. The van der Waals surface area contributed by atoms with Gasteiger partial charge in [-0.2, -0.15) is 0 Å². The standard InChI is InChI=1S/C31H31O5S/c1-19-13-26(37(24-9-5-3-6-10-24)25-11-7-4-8-12-25)14-20(2)28(19)34-18-27(32)35-29-21-15-22-17-23(16-21)31(33)36-30(22)29/h3-14,21-23,29-30H,15-18H2,1-2H3/q+1. The topological polar surface area (TPSA) is 61.8 Å². The SMILES string of the molecule is Cc1cc([S+](c2ccccc2)c2ccccc2)cc(C)c1OCC(=O)OC1C2CC3CC(C2)C1OC3=O. The average Bonchev–Trinajstić information content (AvgIpc) is 3.07. The molecule has 3 aliphatic rings. The first-order chi connectivity index (χ1) is 18.0. The summed E-state index contributed by atoms with van der Waals surface area (Å²) >= 11 is 0. The molecule has 5 nitrogen and oxygen atoms in total. The van der Waals surface area contributed by atoms with Crippen LogP contribution in [0.5, 0.6) is 5.75 Å². The molecule has 6 heteroatoms. The Bertz CT molecular complexity index is 1250.